The topological polar surface area (TPSA) is 55.1 Å². The lowest BCUT2D eigenvalue weighted by Crippen LogP contribution is -2.37. The Kier molecular flexibility index (Phi) is 4.53. The molecule has 0 fully saturated rings. The first-order valence-electron chi connectivity index (χ1n) is 6.73. The number of nitrogens with two attached hydrogens (primary N) is 1. The minimum Gasteiger partial charge on any atom is -0.350 e. The van der Waals surface area contributed by atoms with Crippen molar-refractivity contribution >= 4 is 16.7 Å². The van der Waals surface area contributed by atoms with E-state index in [4.69, 9.17) is 5.73 Å². The molecule has 0 aliphatic carbocycles. The SMILES string of the molecule is CCCC(N)CNC(=O)c1ccc2ccccc2c1. The largest absolute Gasteiger partial charge is 0.350 e. The Hall–Kier alpha value is -1.87. The maximum Gasteiger partial charge on any atom is 0.251 e. The van der Waals surface area contributed by atoms with Gasteiger partial charge in [0, 0.05) is 18.2 Å². The first-order valence-corrected chi connectivity index (χ1v) is 6.73. The van der Waals surface area contributed by atoms with Crippen molar-refractivity contribution in [3.8, 4) is 0 Å². The van der Waals surface area contributed by atoms with Crippen molar-refractivity contribution in [3.05, 3.63) is 48.0 Å². The molecule has 0 saturated carbocycles. The average molecular weight is 256 g/mol. The molecule has 100 valence electrons. The van der Waals surface area contributed by atoms with E-state index in [-0.39, 0.29) is 11.9 Å². The summed E-state index contributed by atoms with van der Waals surface area (Å²) in [5.74, 6) is -0.0580. The molecule has 3 nitrogen and oxygen atoms in total. The summed E-state index contributed by atoms with van der Waals surface area (Å²) in [7, 11) is 0. The highest BCUT2D eigenvalue weighted by atomic mass is 16.1. The van der Waals surface area contributed by atoms with Gasteiger partial charge in [0.05, 0.1) is 0 Å². The molecule has 19 heavy (non-hydrogen) atoms. The van der Waals surface area contributed by atoms with Crippen molar-refractivity contribution in [2.45, 2.75) is 25.8 Å². The molecule has 0 aromatic heterocycles. The number of carbonyl (C=O) groups excluding carboxylic acids is 1. The molecule has 0 saturated heterocycles. The van der Waals surface area contributed by atoms with E-state index in [1.54, 1.807) is 0 Å². The molecule has 3 heteroatoms. The maximum absolute atomic E-state index is 12.0. The number of rotatable bonds is 5. The van der Waals surface area contributed by atoms with Crippen molar-refractivity contribution < 1.29 is 4.79 Å². The Morgan fingerprint density at radius 2 is 1.95 bits per heavy atom. The van der Waals surface area contributed by atoms with Gasteiger partial charge in [0.15, 0.2) is 0 Å². The van der Waals surface area contributed by atoms with Gasteiger partial charge >= 0.3 is 0 Å². The molecule has 2 aromatic carbocycles. The zero-order valence-electron chi connectivity index (χ0n) is 11.2. The molecule has 3 N–H and O–H groups in total. The van der Waals surface area contributed by atoms with E-state index in [0.29, 0.717) is 12.1 Å². The molecule has 2 rings (SSSR count). The van der Waals surface area contributed by atoms with Crippen LogP contribution in [0.1, 0.15) is 30.1 Å². The summed E-state index contributed by atoms with van der Waals surface area (Å²) in [5.41, 5.74) is 6.57. The predicted octanol–water partition coefficient (Wildman–Crippen LogP) is 2.70. The number of fused-ring (bicyclic) bond motifs is 1. The van der Waals surface area contributed by atoms with Crippen molar-refractivity contribution in [1.29, 1.82) is 0 Å². The van der Waals surface area contributed by atoms with Crippen LogP contribution in [0.15, 0.2) is 42.5 Å². The van der Waals surface area contributed by atoms with Gasteiger partial charge in [0.25, 0.3) is 5.91 Å². The summed E-state index contributed by atoms with van der Waals surface area (Å²) >= 11 is 0. The molecule has 1 amide bonds. The van der Waals surface area contributed by atoms with Crippen LogP contribution in [0.5, 0.6) is 0 Å². The fraction of sp³-hybridized carbons (Fsp3) is 0.312. The van der Waals surface area contributed by atoms with E-state index >= 15 is 0 Å². The van der Waals surface area contributed by atoms with Gasteiger partial charge in [-0.1, -0.05) is 43.7 Å². The summed E-state index contributed by atoms with van der Waals surface area (Å²) in [6, 6.07) is 13.8. The van der Waals surface area contributed by atoms with Gasteiger partial charge in [-0.05, 0) is 29.3 Å². The van der Waals surface area contributed by atoms with Crippen LogP contribution in [0.2, 0.25) is 0 Å². The van der Waals surface area contributed by atoms with E-state index in [1.807, 2.05) is 42.5 Å². The number of amides is 1. The van der Waals surface area contributed by atoms with Crippen molar-refractivity contribution in [2.75, 3.05) is 6.54 Å². The molecule has 0 aliphatic rings. The van der Waals surface area contributed by atoms with Crippen LogP contribution in [0.4, 0.5) is 0 Å². The third-order valence-corrected chi connectivity index (χ3v) is 3.20. The normalized spacial score (nSPS) is 12.3. The van der Waals surface area contributed by atoms with Gasteiger partial charge in [0.2, 0.25) is 0 Å². The van der Waals surface area contributed by atoms with Gasteiger partial charge in [0.1, 0.15) is 0 Å². The minimum atomic E-state index is -0.0580. The standard InChI is InChI=1S/C16H20N2O/c1-2-5-15(17)11-18-16(19)14-9-8-12-6-3-4-7-13(12)10-14/h3-4,6-10,15H,2,5,11,17H2,1H3,(H,18,19). The monoisotopic (exact) mass is 256 g/mol. The fourth-order valence-corrected chi connectivity index (χ4v) is 2.13. The molecule has 0 spiro atoms. The Morgan fingerprint density at radius 3 is 2.68 bits per heavy atom. The Balaban J connectivity index is 2.05. The van der Waals surface area contributed by atoms with Crippen LogP contribution < -0.4 is 11.1 Å². The highest BCUT2D eigenvalue weighted by Gasteiger charge is 2.08. The van der Waals surface area contributed by atoms with Crippen LogP contribution in [0.3, 0.4) is 0 Å². The second-order valence-electron chi connectivity index (χ2n) is 4.82. The molecular weight excluding hydrogens is 236 g/mol. The zero-order valence-corrected chi connectivity index (χ0v) is 11.2. The summed E-state index contributed by atoms with van der Waals surface area (Å²) < 4.78 is 0. The summed E-state index contributed by atoms with van der Waals surface area (Å²) in [6.07, 6.45) is 1.96. The van der Waals surface area contributed by atoms with E-state index in [2.05, 4.69) is 12.2 Å². The highest BCUT2D eigenvalue weighted by Crippen LogP contribution is 2.15. The summed E-state index contributed by atoms with van der Waals surface area (Å²) in [5, 5.41) is 5.10. The van der Waals surface area contributed by atoms with Gasteiger partial charge in [-0.2, -0.15) is 0 Å². The predicted molar refractivity (Wildman–Crippen MR) is 79.2 cm³/mol. The first-order chi connectivity index (χ1) is 9.20. The van der Waals surface area contributed by atoms with E-state index < -0.39 is 0 Å². The van der Waals surface area contributed by atoms with Gasteiger partial charge < -0.3 is 11.1 Å². The molecule has 0 heterocycles. The molecular formula is C16H20N2O. The Bertz CT molecular complexity index is 565. The molecule has 2 aromatic rings. The number of carbonyl (C=O) groups is 1. The quantitative estimate of drug-likeness (QED) is 0.864. The second-order valence-corrected chi connectivity index (χ2v) is 4.82. The molecule has 0 bridgehead atoms. The number of hydrogen-bond acceptors (Lipinski definition) is 2. The molecule has 0 aliphatic heterocycles. The molecule has 1 unspecified atom stereocenters. The van der Waals surface area contributed by atoms with Crippen LogP contribution in [-0.2, 0) is 0 Å². The average Bonchev–Trinajstić information content (AvgIpc) is 2.44. The molecule has 0 radical (unpaired) electrons. The smallest absolute Gasteiger partial charge is 0.251 e. The van der Waals surface area contributed by atoms with Crippen molar-refractivity contribution in [3.63, 3.8) is 0 Å². The third-order valence-electron chi connectivity index (χ3n) is 3.20. The third kappa shape index (κ3) is 3.55. The van der Waals surface area contributed by atoms with Crippen LogP contribution in [0.25, 0.3) is 10.8 Å². The van der Waals surface area contributed by atoms with Gasteiger partial charge in [-0.25, -0.2) is 0 Å². The number of nitrogens with one attached hydrogen (secondary N) is 1. The van der Waals surface area contributed by atoms with E-state index in [9.17, 15) is 4.79 Å². The Morgan fingerprint density at radius 1 is 1.21 bits per heavy atom. The minimum absolute atomic E-state index is 0.0365. The van der Waals surface area contributed by atoms with Gasteiger partial charge in [-0.3, -0.25) is 4.79 Å². The van der Waals surface area contributed by atoms with Crippen LogP contribution in [0, 0.1) is 0 Å². The van der Waals surface area contributed by atoms with Gasteiger partial charge in [-0.15, -0.1) is 0 Å². The summed E-state index contributed by atoms with van der Waals surface area (Å²) in [6.45, 7) is 2.62. The fourth-order valence-electron chi connectivity index (χ4n) is 2.13. The zero-order chi connectivity index (χ0) is 13.7. The summed E-state index contributed by atoms with van der Waals surface area (Å²) in [4.78, 5) is 12.0. The Labute approximate surface area is 113 Å². The highest BCUT2D eigenvalue weighted by molar-refractivity contribution is 5.98. The lowest BCUT2D eigenvalue weighted by molar-refractivity contribution is 0.0951. The second kappa shape index (κ2) is 6.34. The first kappa shape index (κ1) is 13.6. The lowest BCUT2D eigenvalue weighted by atomic mass is 10.1. The molecule has 1 atom stereocenters. The number of hydrogen-bond donors (Lipinski definition) is 2. The van der Waals surface area contributed by atoms with E-state index in [0.717, 1.165) is 23.6 Å². The lowest BCUT2D eigenvalue weighted by Gasteiger charge is -2.11. The van der Waals surface area contributed by atoms with Crippen molar-refractivity contribution in [2.24, 2.45) is 5.73 Å². The van der Waals surface area contributed by atoms with Crippen LogP contribution >= 0.6 is 0 Å². The van der Waals surface area contributed by atoms with Crippen LogP contribution in [-0.4, -0.2) is 18.5 Å². The van der Waals surface area contributed by atoms with E-state index in [1.165, 1.54) is 0 Å². The number of benzene rings is 2. The van der Waals surface area contributed by atoms with Crippen molar-refractivity contribution in [1.82, 2.24) is 5.32 Å². The maximum atomic E-state index is 12.0.